The molecule has 0 aliphatic rings. The van der Waals surface area contributed by atoms with Gasteiger partial charge in [-0.1, -0.05) is 17.8 Å². The van der Waals surface area contributed by atoms with Crippen LogP contribution in [0.2, 0.25) is 0 Å². The Morgan fingerprint density at radius 3 is 2.84 bits per heavy atom. The molecule has 158 valence electrons. The highest BCUT2D eigenvalue weighted by Gasteiger charge is 2.17. The highest BCUT2D eigenvalue weighted by atomic mass is 32.2. The van der Waals surface area contributed by atoms with Gasteiger partial charge in [0.25, 0.3) is 5.56 Å². The molecule has 0 unspecified atom stereocenters. The number of carbonyl (C=O) groups is 1. The number of carbonyl (C=O) groups excluding carboxylic acids is 1. The fourth-order valence-electron chi connectivity index (χ4n) is 3.10. The van der Waals surface area contributed by atoms with Gasteiger partial charge in [-0.2, -0.15) is 0 Å². The lowest BCUT2D eigenvalue weighted by atomic mass is 10.2. The maximum atomic E-state index is 13.6. The predicted octanol–water partition coefficient (Wildman–Crippen LogP) is 5.35. The van der Waals surface area contributed by atoms with E-state index in [2.05, 4.69) is 10.3 Å². The Balaban J connectivity index is 1.65. The van der Waals surface area contributed by atoms with E-state index in [1.54, 1.807) is 36.2 Å². The first-order chi connectivity index (χ1) is 15.0. The van der Waals surface area contributed by atoms with E-state index >= 15 is 0 Å². The van der Waals surface area contributed by atoms with Crippen molar-refractivity contribution in [3.63, 3.8) is 0 Å². The summed E-state index contributed by atoms with van der Waals surface area (Å²) in [5.74, 6) is -0.503. The van der Waals surface area contributed by atoms with Crippen LogP contribution in [-0.2, 0) is 4.79 Å². The largest absolute Gasteiger partial charge is 0.325 e. The van der Waals surface area contributed by atoms with Crippen molar-refractivity contribution in [2.24, 2.45) is 0 Å². The topological polar surface area (TPSA) is 64.0 Å². The number of rotatable bonds is 6. The van der Waals surface area contributed by atoms with Gasteiger partial charge in [0.15, 0.2) is 5.16 Å². The number of thioether (sulfide) groups is 2. The van der Waals surface area contributed by atoms with Gasteiger partial charge in [0.1, 0.15) is 10.5 Å². The molecular weight excluding hydrogens is 453 g/mol. The van der Waals surface area contributed by atoms with Crippen LogP contribution in [0.4, 0.5) is 10.1 Å². The number of hydrogen-bond acceptors (Lipinski definition) is 6. The molecule has 1 N–H and O–H groups in total. The average Bonchev–Trinajstić information content (AvgIpc) is 3.22. The second-order valence-corrected chi connectivity index (χ2v) is 9.41. The first-order valence-corrected chi connectivity index (χ1v) is 12.4. The maximum Gasteiger partial charge on any atom is 0.276 e. The molecule has 0 fully saturated rings. The van der Waals surface area contributed by atoms with Gasteiger partial charge in [-0.25, -0.2) is 9.37 Å². The number of benzene rings is 2. The van der Waals surface area contributed by atoms with Crippen molar-refractivity contribution >= 4 is 56.7 Å². The van der Waals surface area contributed by atoms with Crippen molar-refractivity contribution in [2.75, 3.05) is 17.3 Å². The molecule has 1 amide bonds. The molecular formula is C22H18FN3O2S3. The van der Waals surface area contributed by atoms with Crippen molar-refractivity contribution in [3.05, 3.63) is 75.6 Å². The van der Waals surface area contributed by atoms with E-state index in [-0.39, 0.29) is 23.0 Å². The van der Waals surface area contributed by atoms with Crippen LogP contribution in [0, 0.1) is 12.7 Å². The summed E-state index contributed by atoms with van der Waals surface area (Å²) in [4.78, 5) is 31.4. The Bertz CT molecular complexity index is 1330. The molecule has 5 nitrogen and oxygen atoms in total. The lowest BCUT2D eigenvalue weighted by Crippen LogP contribution is -2.23. The zero-order valence-electron chi connectivity index (χ0n) is 16.7. The van der Waals surface area contributed by atoms with E-state index < -0.39 is 0 Å². The predicted molar refractivity (Wildman–Crippen MR) is 127 cm³/mol. The zero-order chi connectivity index (χ0) is 22.0. The molecule has 4 aromatic rings. The highest BCUT2D eigenvalue weighted by Crippen LogP contribution is 2.26. The SMILES string of the molecule is CSc1cccc(NC(=O)CSc2nc3ccsc3c(=O)n2-c2ccc(F)cc2C)c1. The number of fused-ring (bicyclic) bond motifs is 1. The van der Waals surface area contributed by atoms with Crippen LogP contribution < -0.4 is 10.9 Å². The molecule has 0 aliphatic heterocycles. The Labute approximate surface area is 190 Å². The fourth-order valence-corrected chi connectivity index (χ4v) is 5.12. The number of halogens is 1. The highest BCUT2D eigenvalue weighted by molar-refractivity contribution is 7.99. The van der Waals surface area contributed by atoms with E-state index in [0.717, 1.165) is 4.90 Å². The summed E-state index contributed by atoms with van der Waals surface area (Å²) in [6.07, 6.45) is 1.97. The summed E-state index contributed by atoms with van der Waals surface area (Å²) in [5, 5.41) is 5.07. The molecule has 0 bridgehead atoms. The lowest BCUT2D eigenvalue weighted by Gasteiger charge is -2.14. The standard InChI is InChI=1S/C22H18FN3O2S3/c1-13-10-14(23)6-7-18(13)26-21(28)20-17(8-9-30-20)25-22(26)31-12-19(27)24-15-4-3-5-16(11-15)29-2/h3-11H,12H2,1-2H3,(H,24,27). The van der Waals surface area contributed by atoms with E-state index in [1.807, 2.05) is 30.5 Å². The number of thiophene rings is 1. The van der Waals surface area contributed by atoms with E-state index in [4.69, 9.17) is 0 Å². The summed E-state index contributed by atoms with van der Waals surface area (Å²) in [6, 6.07) is 13.6. The molecule has 0 aliphatic carbocycles. The van der Waals surface area contributed by atoms with Crippen molar-refractivity contribution in [1.82, 2.24) is 9.55 Å². The van der Waals surface area contributed by atoms with E-state index in [1.165, 1.54) is 39.8 Å². The maximum absolute atomic E-state index is 13.6. The van der Waals surface area contributed by atoms with Crippen molar-refractivity contribution in [3.8, 4) is 5.69 Å². The number of anilines is 1. The number of aryl methyl sites for hydroxylation is 1. The molecule has 0 spiro atoms. The van der Waals surface area contributed by atoms with E-state index in [9.17, 15) is 14.0 Å². The lowest BCUT2D eigenvalue weighted by molar-refractivity contribution is -0.113. The summed E-state index contributed by atoms with van der Waals surface area (Å²) in [6.45, 7) is 1.74. The van der Waals surface area contributed by atoms with Gasteiger partial charge in [-0.15, -0.1) is 23.1 Å². The van der Waals surface area contributed by atoms with Crippen LogP contribution in [-0.4, -0.2) is 27.5 Å². The van der Waals surface area contributed by atoms with Gasteiger partial charge in [-0.3, -0.25) is 14.2 Å². The van der Waals surface area contributed by atoms with Crippen LogP contribution in [0.25, 0.3) is 15.9 Å². The summed E-state index contributed by atoms with van der Waals surface area (Å²) in [7, 11) is 0. The minimum absolute atomic E-state index is 0.0752. The summed E-state index contributed by atoms with van der Waals surface area (Å²) in [5.41, 5.74) is 2.22. The number of nitrogens with zero attached hydrogens (tertiary/aromatic N) is 2. The minimum atomic E-state index is -0.375. The third-order valence-corrected chi connectivity index (χ3v) is 7.09. The van der Waals surface area contributed by atoms with Crippen LogP contribution in [0.3, 0.4) is 0 Å². The van der Waals surface area contributed by atoms with Gasteiger partial charge in [0, 0.05) is 10.6 Å². The average molecular weight is 472 g/mol. The van der Waals surface area contributed by atoms with Crippen LogP contribution in [0.5, 0.6) is 0 Å². The van der Waals surface area contributed by atoms with E-state index in [0.29, 0.717) is 32.3 Å². The molecule has 2 aromatic carbocycles. The van der Waals surface area contributed by atoms with Gasteiger partial charge in [0.2, 0.25) is 5.91 Å². The van der Waals surface area contributed by atoms with Crippen molar-refractivity contribution in [1.29, 1.82) is 0 Å². The molecule has 0 atom stereocenters. The normalized spacial score (nSPS) is 11.1. The molecule has 0 radical (unpaired) electrons. The monoisotopic (exact) mass is 471 g/mol. The molecule has 4 rings (SSSR count). The third kappa shape index (κ3) is 4.68. The number of nitrogens with one attached hydrogen (secondary N) is 1. The smallest absolute Gasteiger partial charge is 0.276 e. The molecule has 9 heteroatoms. The van der Waals surface area contributed by atoms with Gasteiger partial charge in [0.05, 0.1) is 17.0 Å². The fraction of sp³-hybridized carbons (Fsp3) is 0.136. The van der Waals surface area contributed by atoms with Crippen molar-refractivity contribution in [2.45, 2.75) is 17.0 Å². The number of hydrogen-bond donors (Lipinski definition) is 1. The second-order valence-electron chi connectivity index (χ2n) is 6.67. The zero-order valence-corrected chi connectivity index (χ0v) is 19.2. The van der Waals surface area contributed by atoms with Crippen molar-refractivity contribution < 1.29 is 9.18 Å². The number of amides is 1. The Morgan fingerprint density at radius 1 is 1.23 bits per heavy atom. The van der Waals surface area contributed by atoms with Crippen LogP contribution in [0.15, 0.2) is 68.8 Å². The van der Waals surface area contributed by atoms with Gasteiger partial charge >= 0.3 is 0 Å². The summed E-state index contributed by atoms with van der Waals surface area (Å²) >= 11 is 4.08. The van der Waals surface area contributed by atoms with Gasteiger partial charge in [-0.05, 0) is 66.6 Å². The quantitative estimate of drug-likeness (QED) is 0.303. The van der Waals surface area contributed by atoms with Crippen LogP contribution >= 0.6 is 34.9 Å². The summed E-state index contributed by atoms with van der Waals surface area (Å²) < 4.78 is 15.6. The first kappa shape index (κ1) is 21.6. The van der Waals surface area contributed by atoms with Crippen LogP contribution in [0.1, 0.15) is 5.56 Å². The second kappa shape index (κ2) is 9.25. The Hall–Kier alpha value is -2.62. The molecule has 31 heavy (non-hydrogen) atoms. The minimum Gasteiger partial charge on any atom is -0.325 e. The molecule has 2 aromatic heterocycles. The Morgan fingerprint density at radius 2 is 2.06 bits per heavy atom. The van der Waals surface area contributed by atoms with Gasteiger partial charge < -0.3 is 5.32 Å². The Kier molecular flexibility index (Phi) is 6.45. The first-order valence-electron chi connectivity index (χ1n) is 9.30. The number of aromatic nitrogens is 2. The molecule has 0 saturated carbocycles. The molecule has 2 heterocycles. The molecule has 0 saturated heterocycles. The third-order valence-electron chi connectivity index (χ3n) is 4.53.